The molecule has 5 rings (SSSR count). The second kappa shape index (κ2) is 6.34. The molecule has 1 aliphatic carbocycles. The summed E-state index contributed by atoms with van der Waals surface area (Å²) in [6.45, 7) is 0. The zero-order chi connectivity index (χ0) is 17.3. The van der Waals surface area contributed by atoms with E-state index in [-0.39, 0.29) is 6.04 Å². The minimum Gasteiger partial charge on any atom is -0.457 e. The third kappa shape index (κ3) is 2.66. The molecule has 3 aromatic rings. The summed E-state index contributed by atoms with van der Waals surface area (Å²) in [5.41, 5.74) is 8.56. The molecule has 0 saturated carbocycles. The van der Waals surface area contributed by atoms with Crippen LogP contribution in [0.4, 0.5) is 0 Å². The van der Waals surface area contributed by atoms with Crippen LogP contribution in [0.15, 0.2) is 84.0 Å². The summed E-state index contributed by atoms with van der Waals surface area (Å²) in [5, 5.41) is 4.68. The van der Waals surface area contributed by atoms with Gasteiger partial charge in [-0.1, -0.05) is 54.6 Å². The molecule has 3 nitrogen and oxygen atoms in total. The predicted octanol–water partition coefficient (Wildman–Crippen LogP) is 5.09. The summed E-state index contributed by atoms with van der Waals surface area (Å²) in [6.07, 6.45) is 2.25. The van der Waals surface area contributed by atoms with Gasteiger partial charge in [0.2, 0.25) is 0 Å². The van der Waals surface area contributed by atoms with Crippen LogP contribution in [0.3, 0.4) is 0 Å². The molecule has 128 valence electrons. The third-order valence-electron chi connectivity index (χ3n) is 5.31. The van der Waals surface area contributed by atoms with Crippen LogP contribution in [0.25, 0.3) is 0 Å². The number of nitrogens with one attached hydrogen (secondary N) is 1. The second-order valence-corrected chi connectivity index (χ2v) is 6.89. The molecule has 1 aliphatic heterocycles. The first kappa shape index (κ1) is 15.2. The summed E-state index contributed by atoms with van der Waals surface area (Å²) < 4.78 is 5.90. The Hall–Kier alpha value is -3.07. The minimum atomic E-state index is 0.240. The molecule has 0 fully saturated rings. The maximum absolute atomic E-state index is 5.90. The molecule has 0 bridgehead atoms. The molecule has 1 N–H and O–H groups in total. The van der Waals surface area contributed by atoms with Crippen molar-refractivity contribution in [2.75, 3.05) is 0 Å². The van der Waals surface area contributed by atoms with E-state index >= 15 is 0 Å². The number of hydrogen-bond acceptors (Lipinski definition) is 3. The molecule has 3 aromatic carbocycles. The van der Waals surface area contributed by atoms with Gasteiger partial charge in [0.05, 0.1) is 11.8 Å². The molecule has 0 spiro atoms. The van der Waals surface area contributed by atoms with Crippen LogP contribution in [-0.4, -0.2) is 5.71 Å². The SMILES string of the molecule is c1ccc(Oc2ccc(C3NN=C4c5ccccc5CCC43)cc2)cc1. The fraction of sp³-hybridized carbons (Fsp3) is 0.174. The van der Waals surface area contributed by atoms with Crippen LogP contribution in [0.5, 0.6) is 11.5 Å². The van der Waals surface area contributed by atoms with Crippen LogP contribution in [-0.2, 0) is 6.42 Å². The van der Waals surface area contributed by atoms with Gasteiger partial charge in [0.15, 0.2) is 0 Å². The van der Waals surface area contributed by atoms with Gasteiger partial charge in [0, 0.05) is 11.5 Å². The van der Waals surface area contributed by atoms with Gasteiger partial charge < -0.3 is 10.2 Å². The van der Waals surface area contributed by atoms with Crippen molar-refractivity contribution in [3.63, 3.8) is 0 Å². The van der Waals surface area contributed by atoms with Crippen molar-refractivity contribution in [1.29, 1.82) is 0 Å². The normalized spacial score (nSPS) is 20.5. The first-order valence-electron chi connectivity index (χ1n) is 9.13. The number of para-hydroxylation sites is 1. The quantitative estimate of drug-likeness (QED) is 0.720. The molecule has 26 heavy (non-hydrogen) atoms. The molecular formula is C23H20N2O. The fourth-order valence-electron chi connectivity index (χ4n) is 4.01. The van der Waals surface area contributed by atoms with E-state index in [0.717, 1.165) is 24.3 Å². The molecule has 1 heterocycles. The molecule has 2 atom stereocenters. The summed E-state index contributed by atoms with van der Waals surface area (Å²) in [4.78, 5) is 0. The molecule has 0 aromatic heterocycles. The van der Waals surface area contributed by atoms with Gasteiger partial charge in [-0.3, -0.25) is 0 Å². The van der Waals surface area contributed by atoms with E-state index in [1.165, 1.54) is 22.4 Å². The van der Waals surface area contributed by atoms with E-state index in [0.29, 0.717) is 5.92 Å². The zero-order valence-corrected chi connectivity index (χ0v) is 14.4. The predicted molar refractivity (Wildman–Crippen MR) is 104 cm³/mol. The van der Waals surface area contributed by atoms with Crippen LogP contribution in [0, 0.1) is 5.92 Å². The number of nitrogens with zero attached hydrogens (tertiary/aromatic N) is 1. The Morgan fingerprint density at radius 1 is 0.808 bits per heavy atom. The monoisotopic (exact) mass is 340 g/mol. The van der Waals surface area contributed by atoms with Gasteiger partial charge in [0.25, 0.3) is 0 Å². The highest BCUT2D eigenvalue weighted by molar-refractivity contribution is 6.05. The topological polar surface area (TPSA) is 33.6 Å². The lowest BCUT2D eigenvalue weighted by atomic mass is 9.77. The average Bonchev–Trinajstić information content (AvgIpc) is 3.14. The van der Waals surface area contributed by atoms with E-state index in [2.05, 4.69) is 46.9 Å². The van der Waals surface area contributed by atoms with Crippen molar-refractivity contribution in [2.24, 2.45) is 11.0 Å². The highest BCUT2D eigenvalue weighted by atomic mass is 16.5. The highest BCUT2D eigenvalue weighted by Gasteiger charge is 2.36. The summed E-state index contributed by atoms with van der Waals surface area (Å²) >= 11 is 0. The number of rotatable bonds is 3. The maximum Gasteiger partial charge on any atom is 0.127 e. The Kier molecular flexibility index (Phi) is 3.71. The van der Waals surface area contributed by atoms with Gasteiger partial charge in [-0.15, -0.1) is 0 Å². The Balaban J connectivity index is 1.36. The number of ether oxygens (including phenoxy) is 1. The number of aryl methyl sites for hydroxylation is 1. The Labute approximate surface area is 153 Å². The maximum atomic E-state index is 5.90. The molecule has 2 aliphatic rings. The standard InChI is InChI=1S/C23H20N2O/c1-2-7-18(8-3-1)26-19-13-10-17(11-14-19)22-21-15-12-16-6-4-5-9-20(16)23(21)25-24-22/h1-11,13-14,21-22,24H,12,15H2. The molecule has 2 unspecified atom stereocenters. The van der Waals surface area contributed by atoms with E-state index in [4.69, 9.17) is 4.74 Å². The number of benzene rings is 3. The molecule has 0 amide bonds. The first-order chi connectivity index (χ1) is 12.9. The van der Waals surface area contributed by atoms with E-state index in [1.807, 2.05) is 42.5 Å². The number of fused-ring (bicyclic) bond motifs is 3. The van der Waals surface area contributed by atoms with Crippen molar-refractivity contribution in [2.45, 2.75) is 18.9 Å². The number of hydrazone groups is 1. The molecule has 0 saturated heterocycles. The first-order valence-corrected chi connectivity index (χ1v) is 9.13. The Morgan fingerprint density at radius 2 is 1.54 bits per heavy atom. The summed E-state index contributed by atoms with van der Waals surface area (Å²) in [5.74, 6) is 2.15. The van der Waals surface area contributed by atoms with Crippen molar-refractivity contribution in [3.8, 4) is 11.5 Å². The molecular weight excluding hydrogens is 320 g/mol. The summed E-state index contributed by atoms with van der Waals surface area (Å²) in [7, 11) is 0. The van der Waals surface area contributed by atoms with E-state index in [9.17, 15) is 0 Å². The van der Waals surface area contributed by atoms with E-state index < -0.39 is 0 Å². The number of hydrogen-bond donors (Lipinski definition) is 1. The van der Waals surface area contributed by atoms with Gasteiger partial charge in [-0.25, -0.2) is 0 Å². The second-order valence-electron chi connectivity index (χ2n) is 6.89. The van der Waals surface area contributed by atoms with Crippen molar-refractivity contribution in [1.82, 2.24) is 5.43 Å². The van der Waals surface area contributed by atoms with Crippen molar-refractivity contribution in [3.05, 3.63) is 95.6 Å². The largest absolute Gasteiger partial charge is 0.457 e. The van der Waals surface area contributed by atoms with Crippen molar-refractivity contribution >= 4 is 5.71 Å². The Bertz CT molecular complexity index is 947. The molecule has 0 radical (unpaired) electrons. The van der Waals surface area contributed by atoms with Crippen LogP contribution >= 0.6 is 0 Å². The van der Waals surface area contributed by atoms with Crippen LogP contribution in [0.1, 0.15) is 29.2 Å². The summed E-state index contributed by atoms with van der Waals surface area (Å²) in [6, 6.07) is 27.1. The lowest BCUT2D eigenvalue weighted by Gasteiger charge is -2.26. The van der Waals surface area contributed by atoms with Gasteiger partial charge in [-0.05, 0) is 48.2 Å². The smallest absolute Gasteiger partial charge is 0.127 e. The van der Waals surface area contributed by atoms with Gasteiger partial charge in [0.1, 0.15) is 11.5 Å². The lowest BCUT2D eigenvalue weighted by molar-refractivity contribution is 0.463. The third-order valence-corrected chi connectivity index (χ3v) is 5.31. The van der Waals surface area contributed by atoms with E-state index in [1.54, 1.807) is 0 Å². The lowest BCUT2D eigenvalue weighted by Crippen LogP contribution is -2.26. The minimum absolute atomic E-state index is 0.240. The average molecular weight is 340 g/mol. The van der Waals surface area contributed by atoms with Crippen LogP contribution in [0.2, 0.25) is 0 Å². The zero-order valence-electron chi connectivity index (χ0n) is 14.4. The van der Waals surface area contributed by atoms with Gasteiger partial charge in [-0.2, -0.15) is 5.10 Å². The molecule has 3 heteroatoms. The Morgan fingerprint density at radius 3 is 2.38 bits per heavy atom. The fourth-order valence-corrected chi connectivity index (χ4v) is 4.01. The van der Waals surface area contributed by atoms with Gasteiger partial charge >= 0.3 is 0 Å². The van der Waals surface area contributed by atoms with Crippen molar-refractivity contribution < 1.29 is 4.74 Å². The highest BCUT2D eigenvalue weighted by Crippen LogP contribution is 2.38. The van der Waals surface area contributed by atoms with Crippen LogP contribution < -0.4 is 10.2 Å².